The van der Waals surface area contributed by atoms with Gasteiger partial charge in [0, 0.05) is 17.3 Å². The number of rotatable bonds is 5. The van der Waals surface area contributed by atoms with Crippen molar-refractivity contribution in [3.05, 3.63) is 84.2 Å². The molecule has 3 aromatic carbocycles. The number of halogens is 1. The fraction of sp³-hybridized carbons (Fsp3) is 0.136. The molecule has 0 aliphatic heterocycles. The maximum absolute atomic E-state index is 14.5. The van der Waals surface area contributed by atoms with E-state index in [-0.39, 0.29) is 11.7 Å². The molecule has 0 aromatic heterocycles. The highest BCUT2D eigenvalue weighted by molar-refractivity contribution is 5.95. The standard InChI is InChI=1S/C22H20FNO2/c1-15(22(25)24-18-9-6-10-19(14-18)26-2)17-11-12-20(21(23)13-17)16-7-4-3-5-8-16/h3-15H,1-2H3,(H,24,25)/t15-/m0/s1. The fourth-order valence-corrected chi connectivity index (χ4v) is 2.76. The maximum Gasteiger partial charge on any atom is 0.231 e. The molecule has 0 radical (unpaired) electrons. The Kier molecular flexibility index (Phi) is 5.32. The first-order chi connectivity index (χ1) is 12.6. The minimum Gasteiger partial charge on any atom is -0.497 e. The Morgan fingerprint density at radius 1 is 1.00 bits per heavy atom. The molecule has 26 heavy (non-hydrogen) atoms. The number of anilines is 1. The molecule has 0 aliphatic carbocycles. The number of hydrogen-bond acceptors (Lipinski definition) is 2. The molecular weight excluding hydrogens is 329 g/mol. The maximum atomic E-state index is 14.5. The van der Waals surface area contributed by atoms with Crippen molar-refractivity contribution in [3.8, 4) is 16.9 Å². The van der Waals surface area contributed by atoms with Gasteiger partial charge in [0.1, 0.15) is 11.6 Å². The molecule has 1 atom stereocenters. The zero-order valence-electron chi connectivity index (χ0n) is 14.7. The number of methoxy groups -OCH3 is 1. The number of benzene rings is 3. The van der Waals surface area contributed by atoms with E-state index >= 15 is 0 Å². The molecule has 4 heteroatoms. The van der Waals surface area contributed by atoms with Crippen molar-refractivity contribution in [1.82, 2.24) is 0 Å². The molecule has 1 amide bonds. The summed E-state index contributed by atoms with van der Waals surface area (Å²) in [5.41, 5.74) is 2.60. The van der Waals surface area contributed by atoms with E-state index in [9.17, 15) is 9.18 Å². The van der Waals surface area contributed by atoms with E-state index in [0.29, 0.717) is 22.6 Å². The van der Waals surface area contributed by atoms with Gasteiger partial charge in [0.2, 0.25) is 5.91 Å². The second-order valence-electron chi connectivity index (χ2n) is 6.05. The minimum absolute atomic E-state index is 0.204. The van der Waals surface area contributed by atoms with Crippen molar-refractivity contribution in [2.24, 2.45) is 0 Å². The molecule has 0 unspecified atom stereocenters. The lowest BCUT2D eigenvalue weighted by Crippen LogP contribution is -2.19. The Labute approximate surface area is 152 Å². The summed E-state index contributed by atoms with van der Waals surface area (Å²) in [4.78, 5) is 12.5. The molecule has 132 valence electrons. The molecule has 0 spiro atoms. The van der Waals surface area contributed by atoms with Crippen molar-refractivity contribution in [2.75, 3.05) is 12.4 Å². The Bertz CT molecular complexity index is 909. The van der Waals surface area contributed by atoms with E-state index in [1.54, 1.807) is 50.4 Å². The Morgan fingerprint density at radius 3 is 2.46 bits per heavy atom. The van der Waals surface area contributed by atoms with Gasteiger partial charge in [-0.1, -0.05) is 48.5 Å². The third kappa shape index (κ3) is 3.91. The Morgan fingerprint density at radius 2 is 1.77 bits per heavy atom. The zero-order valence-corrected chi connectivity index (χ0v) is 14.7. The number of amides is 1. The lowest BCUT2D eigenvalue weighted by molar-refractivity contribution is -0.117. The highest BCUT2D eigenvalue weighted by Crippen LogP contribution is 2.27. The first-order valence-electron chi connectivity index (χ1n) is 8.38. The Hall–Kier alpha value is -3.14. The lowest BCUT2D eigenvalue weighted by atomic mass is 9.96. The van der Waals surface area contributed by atoms with E-state index in [2.05, 4.69) is 5.32 Å². The zero-order chi connectivity index (χ0) is 18.5. The summed E-state index contributed by atoms with van der Waals surface area (Å²) < 4.78 is 19.7. The van der Waals surface area contributed by atoms with Gasteiger partial charge in [-0.2, -0.15) is 0 Å². The van der Waals surface area contributed by atoms with Crippen LogP contribution in [0.2, 0.25) is 0 Å². The van der Waals surface area contributed by atoms with Crippen LogP contribution in [0.15, 0.2) is 72.8 Å². The van der Waals surface area contributed by atoms with Gasteiger partial charge in [0.25, 0.3) is 0 Å². The topological polar surface area (TPSA) is 38.3 Å². The van der Waals surface area contributed by atoms with Crippen molar-refractivity contribution in [3.63, 3.8) is 0 Å². The van der Waals surface area contributed by atoms with Gasteiger partial charge in [0.05, 0.1) is 13.0 Å². The van der Waals surface area contributed by atoms with Gasteiger partial charge < -0.3 is 10.1 Å². The molecular formula is C22H20FNO2. The molecule has 3 aromatic rings. The van der Waals surface area contributed by atoms with Gasteiger partial charge in [-0.05, 0) is 36.2 Å². The molecule has 0 fully saturated rings. The number of carbonyl (C=O) groups is 1. The van der Waals surface area contributed by atoms with Gasteiger partial charge in [-0.25, -0.2) is 4.39 Å². The Balaban J connectivity index is 1.77. The predicted octanol–water partition coefficient (Wildman–Crippen LogP) is 5.24. The van der Waals surface area contributed by atoms with Crippen LogP contribution in [0.4, 0.5) is 10.1 Å². The first kappa shape index (κ1) is 17.7. The average Bonchev–Trinajstić information content (AvgIpc) is 2.68. The van der Waals surface area contributed by atoms with E-state index in [0.717, 1.165) is 5.56 Å². The summed E-state index contributed by atoms with van der Waals surface area (Å²) >= 11 is 0. The minimum atomic E-state index is -0.486. The van der Waals surface area contributed by atoms with Crippen LogP contribution >= 0.6 is 0 Å². The highest BCUT2D eigenvalue weighted by atomic mass is 19.1. The number of nitrogens with one attached hydrogen (secondary N) is 1. The highest BCUT2D eigenvalue weighted by Gasteiger charge is 2.17. The van der Waals surface area contributed by atoms with Crippen LogP contribution in [-0.2, 0) is 4.79 Å². The van der Waals surface area contributed by atoms with E-state index < -0.39 is 5.92 Å². The van der Waals surface area contributed by atoms with Crippen LogP contribution in [0, 0.1) is 5.82 Å². The second kappa shape index (κ2) is 7.83. The van der Waals surface area contributed by atoms with Gasteiger partial charge in [-0.3, -0.25) is 4.79 Å². The van der Waals surface area contributed by atoms with Crippen LogP contribution in [0.3, 0.4) is 0 Å². The number of hydrogen-bond donors (Lipinski definition) is 1. The van der Waals surface area contributed by atoms with E-state index in [1.807, 2.05) is 30.3 Å². The second-order valence-corrected chi connectivity index (χ2v) is 6.05. The van der Waals surface area contributed by atoms with Gasteiger partial charge >= 0.3 is 0 Å². The number of ether oxygens (including phenoxy) is 1. The van der Waals surface area contributed by atoms with Gasteiger partial charge in [0.15, 0.2) is 0 Å². The molecule has 0 saturated carbocycles. The third-order valence-corrected chi connectivity index (χ3v) is 4.31. The fourth-order valence-electron chi connectivity index (χ4n) is 2.76. The molecule has 0 aliphatic rings. The van der Waals surface area contributed by atoms with E-state index in [1.165, 1.54) is 6.07 Å². The molecule has 1 N–H and O–H groups in total. The van der Waals surface area contributed by atoms with Crippen LogP contribution in [0.1, 0.15) is 18.4 Å². The molecule has 0 bridgehead atoms. The summed E-state index contributed by atoms with van der Waals surface area (Å²) in [6.07, 6.45) is 0. The van der Waals surface area contributed by atoms with Gasteiger partial charge in [-0.15, -0.1) is 0 Å². The number of carbonyl (C=O) groups excluding carboxylic acids is 1. The summed E-state index contributed by atoms with van der Waals surface area (Å²) in [6, 6.07) is 21.4. The van der Waals surface area contributed by atoms with Crippen molar-refractivity contribution >= 4 is 11.6 Å². The monoisotopic (exact) mass is 349 g/mol. The van der Waals surface area contributed by atoms with E-state index in [4.69, 9.17) is 4.74 Å². The van der Waals surface area contributed by atoms with Crippen LogP contribution in [-0.4, -0.2) is 13.0 Å². The van der Waals surface area contributed by atoms with Crippen LogP contribution in [0.25, 0.3) is 11.1 Å². The molecule has 0 heterocycles. The normalized spacial score (nSPS) is 11.7. The van der Waals surface area contributed by atoms with Crippen molar-refractivity contribution in [2.45, 2.75) is 12.8 Å². The van der Waals surface area contributed by atoms with Crippen LogP contribution in [0.5, 0.6) is 5.75 Å². The van der Waals surface area contributed by atoms with Crippen molar-refractivity contribution < 1.29 is 13.9 Å². The quantitative estimate of drug-likeness (QED) is 0.684. The van der Waals surface area contributed by atoms with Crippen molar-refractivity contribution in [1.29, 1.82) is 0 Å². The first-order valence-corrected chi connectivity index (χ1v) is 8.38. The summed E-state index contributed by atoms with van der Waals surface area (Å²) in [7, 11) is 1.57. The molecule has 3 nitrogen and oxygen atoms in total. The summed E-state index contributed by atoms with van der Waals surface area (Å²) in [5.74, 6) is -0.367. The SMILES string of the molecule is COc1cccc(NC(=O)[C@@H](C)c2ccc(-c3ccccc3)c(F)c2)c1. The molecule has 0 saturated heterocycles. The summed E-state index contributed by atoms with van der Waals surface area (Å²) in [6.45, 7) is 1.76. The predicted molar refractivity (Wildman–Crippen MR) is 102 cm³/mol. The lowest BCUT2D eigenvalue weighted by Gasteiger charge is -2.14. The largest absolute Gasteiger partial charge is 0.497 e. The molecule has 3 rings (SSSR count). The smallest absolute Gasteiger partial charge is 0.231 e. The van der Waals surface area contributed by atoms with Crippen LogP contribution < -0.4 is 10.1 Å². The average molecular weight is 349 g/mol. The summed E-state index contributed by atoms with van der Waals surface area (Å²) in [5, 5.41) is 2.84. The third-order valence-electron chi connectivity index (χ3n) is 4.31.